The van der Waals surface area contributed by atoms with Crippen molar-refractivity contribution in [1.29, 1.82) is 0 Å². The van der Waals surface area contributed by atoms with Crippen LogP contribution in [-0.2, 0) is 4.74 Å². The second kappa shape index (κ2) is 8.71. The Morgan fingerprint density at radius 2 is 1.86 bits per heavy atom. The zero-order valence-electron chi connectivity index (χ0n) is 16.6. The summed E-state index contributed by atoms with van der Waals surface area (Å²) in [6.45, 7) is 4.21. The molecule has 2 aromatic heterocycles. The van der Waals surface area contributed by atoms with Gasteiger partial charge < -0.3 is 9.64 Å². The summed E-state index contributed by atoms with van der Waals surface area (Å²) in [5, 5.41) is 0. The molecule has 1 aromatic carbocycles. The zero-order chi connectivity index (χ0) is 20.1. The molecule has 0 aliphatic heterocycles. The quantitative estimate of drug-likeness (QED) is 0.657. The van der Waals surface area contributed by atoms with E-state index < -0.39 is 0 Å². The van der Waals surface area contributed by atoms with Gasteiger partial charge in [0.05, 0.1) is 35.4 Å². The fraction of sp³-hybridized carbons (Fsp3) is 0.273. The van der Waals surface area contributed by atoms with E-state index in [4.69, 9.17) is 4.74 Å². The lowest BCUT2D eigenvalue weighted by atomic mass is 10.1. The number of aromatic nitrogens is 3. The molecular formula is C22H24N4O2. The fourth-order valence-corrected chi connectivity index (χ4v) is 3.05. The summed E-state index contributed by atoms with van der Waals surface area (Å²) in [6, 6.07) is 12.8. The molecule has 0 N–H and O–H groups in total. The fourth-order valence-electron chi connectivity index (χ4n) is 3.05. The molecule has 0 aliphatic carbocycles. The SMILES string of the molecule is COC[C@H](c1ccccn1)N(C)C(=O)c1ccc(-c2nc(C)cnc2C)cc1. The molecule has 0 bridgehead atoms. The summed E-state index contributed by atoms with van der Waals surface area (Å²) in [7, 11) is 3.39. The zero-order valence-corrected chi connectivity index (χ0v) is 16.6. The number of aryl methyl sites for hydroxylation is 2. The molecule has 1 atom stereocenters. The van der Waals surface area contributed by atoms with Crippen molar-refractivity contribution in [1.82, 2.24) is 19.9 Å². The molecule has 0 unspecified atom stereocenters. The molecule has 0 aliphatic rings. The number of hydrogen-bond acceptors (Lipinski definition) is 5. The van der Waals surface area contributed by atoms with Crippen LogP contribution in [0.15, 0.2) is 54.9 Å². The highest BCUT2D eigenvalue weighted by Crippen LogP contribution is 2.23. The maximum Gasteiger partial charge on any atom is 0.254 e. The number of ether oxygens (including phenoxy) is 1. The van der Waals surface area contributed by atoms with Crippen molar-refractivity contribution in [2.24, 2.45) is 0 Å². The second-order valence-corrected chi connectivity index (χ2v) is 6.66. The van der Waals surface area contributed by atoms with Gasteiger partial charge in [0.2, 0.25) is 0 Å². The topological polar surface area (TPSA) is 68.2 Å². The van der Waals surface area contributed by atoms with Crippen LogP contribution in [-0.4, -0.2) is 46.5 Å². The van der Waals surface area contributed by atoms with E-state index in [0.29, 0.717) is 12.2 Å². The van der Waals surface area contributed by atoms with E-state index in [9.17, 15) is 4.79 Å². The van der Waals surface area contributed by atoms with Gasteiger partial charge in [0, 0.05) is 37.7 Å². The van der Waals surface area contributed by atoms with Crippen LogP contribution >= 0.6 is 0 Å². The number of carbonyl (C=O) groups excluding carboxylic acids is 1. The van der Waals surface area contributed by atoms with Crippen LogP contribution in [0.5, 0.6) is 0 Å². The van der Waals surface area contributed by atoms with Crippen molar-refractivity contribution in [3.8, 4) is 11.3 Å². The van der Waals surface area contributed by atoms with Crippen molar-refractivity contribution in [3.05, 3.63) is 77.5 Å². The Labute approximate surface area is 165 Å². The molecule has 3 aromatic rings. The number of nitrogens with zero attached hydrogens (tertiary/aromatic N) is 4. The first-order chi connectivity index (χ1) is 13.5. The molecule has 2 heterocycles. The number of rotatable bonds is 6. The first-order valence-electron chi connectivity index (χ1n) is 9.09. The molecule has 1 amide bonds. The molecule has 6 nitrogen and oxygen atoms in total. The maximum atomic E-state index is 13.0. The van der Waals surface area contributed by atoms with Gasteiger partial charge in [-0.3, -0.25) is 14.8 Å². The standard InChI is InChI=1S/C22H24N4O2/c1-15-13-24-16(2)21(25-15)17-8-10-18(11-9-17)22(27)26(3)20(14-28-4)19-7-5-6-12-23-19/h5-13,20H,14H2,1-4H3/t20-/m1/s1. The molecule has 0 fully saturated rings. The van der Waals surface area contributed by atoms with Crippen LogP contribution in [0, 0.1) is 13.8 Å². The monoisotopic (exact) mass is 376 g/mol. The lowest BCUT2D eigenvalue weighted by Gasteiger charge is -2.27. The molecule has 144 valence electrons. The molecule has 6 heteroatoms. The highest BCUT2D eigenvalue weighted by atomic mass is 16.5. The van der Waals surface area contributed by atoms with Crippen molar-refractivity contribution in [2.45, 2.75) is 19.9 Å². The molecule has 3 rings (SSSR count). The average Bonchev–Trinajstić information content (AvgIpc) is 2.73. The first kappa shape index (κ1) is 19.6. The lowest BCUT2D eigenvalue weighted by Crippen LogP contribution is -2.34. The number of methoxy groups -OCH3 is 1. The Morgan fingerprint density at radius 3 is 2.50 bits per heavy atom. The minimum Gasteiger partial charge on any atom is -0.382 e. The molecule has 0 radical (unpaired) electrons. The highest BCUT2D eigenvalue weighted by molar-refractivity contribution is 5.94. The van der Waals surface area contributed by atoms with Crippen molar-refractivity contribution in [2.75, 3.05) is 20.8 Å². The summed E-state index contributed by atoms with van der Waals surface area (Å²) in [6.07, 6.45) is 3.47. The third-order valence-corrected chi connectivity index (χ3v) is 4.62. The van der Waals surface area contributed by atoms with E-state index >= 15 is 0 Å². The second-order valence-electron chi connectivity index (χ2n) is 6.66. The number of carbonyl (C=O) groups is 1. The number of amides is 1. The highest BCUT2D eigenvalue weighted by Gasteiger charge is 2.23. The summed E-state index contributed by atoms with van der Waals surface area (Å²) in [5.41, 5.74) is 4.88. The normalized spacial score (nSPS) is 11.9. The molecule has 0 saturated carbocycles. The number of hydrogen-bond donors (Lipinski definition) is 0. The van der Waals surface area contributed by atoms with E-state index in [1.807, 2.05) is 56.3 Å². The van der Waals surface area contributed by atoms with E-state index in [1.54, 1.807) is 31.5 Å². The van der Waals surface area contributed by atoms with Crippen LogP contribution in [0.4, 0.5) is 0 Å². The molecule has 0 spiro atoms. The van der Waals surface area contributed by atoms with Crippen LogP contribution in [0.25, 0.3) is 11.3 Å². The smallest absolute Gasteiger partial charge is 0.254 e. The van der Waals surface area contributed by atoms with Gasteiger partial charge in [0.25, 0.3) is 5.91 Å². The largest absolute Gasteiger partial charge is 0.382 e. The number of likely N-dealkylation sites (N-methyl/N-ethyl adjacent to an activating group) is 1. The molecular weight excluding hydrogens is 352 g/mol. The van der Waals surface area contributed by atoms with Crippen LogP contribution < -0.4 is 0 Å². The van der Waals surface area contributed by atoms with Crippen molar-refractivity contribution < 1.29 is 9.53 Å². The molecule has 28 heavy (non-hydrogen) atoms. The van der Waals surface area contributed by atoms with E-state index in [1.165, 1.54) is 0 Å². The Morgan fingerprint density at radius 1 is 1.11 bits per heavy atom. The van der Waals surface area contributed by atoms with Crippen molar-refractivity contribution >= 4 is 5.91 Å². The summed E-state index contributed by atoms with van der Waals surface area (Å²) >= 11 is 0. The first-order valence-corrected chi connectivity index (χ1v) is 9.09. The van der Waals surface area contributed by atoms with E-state index in [0.717, 1.165) is 28.3 Å². The van der Waals surface area contributed by atoms with Gasteiger partial charge in [-0.15, -0.1) is 0 Å². The number of pyridine rings is 1. The van der Waals surface area contributed by atoms with Gasteiger partial charge in [-0.2, -0.15) is 0 Å². The van der Waals surface area contributed by atoms with E-state index in [-0.39, 0.29) is 11.9 Å². The minimum absolute atomic E-state index is 0.0914. The minimum atomic E-state index is -0.261. The maximum absolute atomic E-state index is 13.0. The summed E-state index contributed by atoms with van der Waals surface area (Å²) < 4.78 is 5.32. The van der Waals surface area contributed by atoms with Crippen LogP contribution in [0.1, 0.15) is 33.5 Å². The van der Waals surface area contributed by atoms with Gasteiger partial charge in [-0.1, -0.05) is 18.2 Å². The molecule has 0 saturated heterocycles. The van der Waals surface area contributed by atoms with Crippen molar-refractivity contribution in [3.63, 3.8) is 0 Å². The van der Waals surface area contributed by atoms with Crippen LogP contribution in [0.2, 0.25) is 0 Å². The predicted octanol–water partition coefficient (Wildman–Crippen LogP) is 3.62. The van der Waals surface area contributed by atoms with E-state index in [2.05, 4.69) is 15.0 Å². The Kier molecular flexibility index (Phi) is 6.11. The Hall–Kier alpha value is -3.12. The Bertz CT molecular complexity index is 943. The van der Waals surface area contributed by atoms with Gasteiger partial charge in [0.15, 0.2) is 0 Å². The predicted molar refractivity (Wildman–Crippen MR) is 108 cm³/mol. The average molecular weight is 376 g/mol. The van der Waals surface area contributed by atoms with Gasteiger partial charge >= 0.3 is 0 Å². The third-order valence-electron chi connectivity index (χ3n) is 4.62. The third kappa shape index (κ3) is 4.23. The van der Waals surface area contributed by atoms with Gasteiger partial charge in [-0.25, -0.2) is 4.98 Å². The van der Waals surface area contributed by atoms with Crippen LogP contribution in [0.3, 0.4) is 0 Å². The lowest BCUT2D eigenvalue weighted by molar-refractivity contribution is 0.0595. The van der Waals surface area contributed by atoms with Gasteiger partial charge in [-0.05, 0) is 38.1 Å². The Balaban J connectivity index is 1.84. The summed E-state index contributed by atoms with van der Waals surface area (Å²) in [5.74, 6) is -0.0914. The number of benzene rings is 1. The summed E-state index contributed by atoms with van der Waals surface area (Å²) in [4.78, 5) is 28.0. The van der Waals surface area contributed by atoms with Gasteiger partial charge in [0.1, 0.15) is 0 Å².